The Morgan fingerprint density at radius 1 is 1.18 bits per heavy atom. The van der Waals surface area contributed by atoms with Crippen molar-refractivity contribution in [3.8, 4) is 5.75 Å². The van der Waals surface area contributed by atoms with Gasteiger partial charge in [0.25, 0.3) is 5.56 Å². The van der Waals surface area contributed by atoms with Crippen LogP contribution in [-0.4, -0.2) is 38.5 Å². The first-order chi connectivity index (χ1) is 18.6. The number of rotatable bonds is 9. The molecule has 0 spiro atoms. The summed E-state index contributed by atoms with van der Waals surface area (Å²) in [5, 5.41) is 4.70. The molecule has 0 saturated heterocycles. The van der Waals surface area contributed by atoms with Crippen molar-refractivity contribution < 1.29 is 18.7 Å². The van der Waals surface area contributed by atoms with Crippen LogP contribution in [0.2, 0.25) is 0 Å². The fourth-order valence-electron chi connectivity index (χ4n) is 5.73. The van der Waals surface area contributed by atoms with Crippen LogP contribution in [0.5, 0.6) is 5.75 Å². The highest BCUT2D eigenvalue weighted by atomic mass is 19.1. The summed E-state index contributed by atoms with van der Waals surface area (Å²) in [6.07, 6.45) is 7.90. The van der Waals surface area contributed by atoms with Gasteiger partial charge in [0.1, 0.15) is 34.0 Å². The number of amides is 1. The van der Waals surface area contributed by atoms with E-state index in [0.29, 0.717) is 28.0 Å². The molecule has 210 valence electrons. The number of hydrogen-bond donors (Lipinski definition) is 1. The van der Waals surface area contributed by atoms with Gasteiger partial charge in [0.2, 0.25) is 5.91 Å². The molecule has 3 aromatic rings. The molecule has 0 aliphatic heterocycles. The van der Waals surface area contributed by atoms with Gasteiger partial charge >= 0.3 is 0 Å². The maximum Gasteiger partial charge on any atom is 0.293 e. The quantitative estimate of drug-likeness (QED) is 0.431. The molecule has 9 nitrogen and oxygen atoms in total. The van der Waals surface area contributed by atoms with Gasteiger partial charge in [0.05, 0.1) is 25.0 Å². The van der Waals surface area contributed by atoms with E-state index >= 15 is 0 Å². The Bertz CT molecular complexity index is 1440. The van der Waals surface area contributed by atoms with Crippen LogP contribution >= 0.6 is 0 Å². The zero-order valence-electron chi connectivity index (χ0n) is 23.2. The van der Waals surface area contributed by atoms with Crippen molar-refractivity contribution in [1.29, 1.82) is 0 Å². The Balaban J connectivity index is 1.68. The molecule has 1 amide bonds. The number of halogens is 1. The lowest BCUT2D eigenvalue weighted by molar-refractivity contribution is -0.125. The Morgan fingerprint density at radius 2 is 1.90 bits per heavy atom. The van der Waals surface area contributed by atoms with E-state index in [-0.39, 0.29) is 18.4 Å². The van der Waals surface area contributed by atoms with Gasteiger partial charge in [-0.15, -0.1) is 0 Å². The average Bonchev–Trinajstić information content (AvgIpc) is 3.21. The smallest absolute Gasteiger partial charge is 0.293 e. The highest BCUT2D eigenvalue weighted by molar-refractivity contribution is 5.83. The molecule has 2 aliphatic rings. The van der Waals surface area contributed by atoms with Crippen molar-refractivity contribution >= 4 is 16.9 Å². The normalized spacial score (nSPS) is 17.8. The minimum atomic E-state index is -1.38. The number of carbonyl (C=O) groups excluding carboxylic acids is 1. The van der Waals surface area contributed by atoms with Crippen LogP contribution in [0.15, 0.2) is 23.0 Å². The number of hydrogen-bond acceptors (Lipinski definition) is 6. The lowest BCUT2D eigenvalue weighted by Crippen LogP contribution is -2.48. The number of imidazole rings is 1. The summed E-state index contributed by atoms with van der Waals surface area (Å²) in [7, 11) is 3.38. The van der Waals surface area contributed by atoms with Gasteiger partial charge in [0, 0.05) is 24.9 Å². The van der Waals surface area contributed by atoms with E-state index in [1.807, 2.05) is 11.6 Å². The standard InChI is InChI=1S/C29H38FN5O4/c1-29(2,28(31)37)35-27(36)25-24(32-26(34(25)3)17-9-8-10-17)21(33-35)16-23(39-19-11-6-5-7-12-19)20-15-18(30)13-14-22(20)38-4/h13-15,17,19,23H,5-12,16H2,1-4H3,(H2,31,37)/t23-/m0/s1. The number of primary amides is 1. The summed E-state index contributed by atoms with van der Waals surface area (Å²) in [4.78, 5) is 31.1. The maximum atomic E-state index is 14.5. The van der Waals surface area contributed by atoms with E-state index in [0.717, 1.165) is 50.8 Å². The molecular formula is C29H38FN5O4. The van der Waals surface area contributed by atoms with Gasteiger partial charge < -0.3 is 19.8 Å². The van der Waals surface area contributed by atoms with E-state index in [4.69, 9.17) is 25.3 Å². The van der Waals surface area contributed by atoms with Gasteiger partial charge in [0.15, 0.2) is 0 Å². The molecule has 10 heteroatoms. The first kappa shape index (κ1) is 27.3. The number of aromatic nitrogens is 4. The zero-order valence-corrected chi connectivity index (χ0v) is 23.2. The topological polar surface area (TPSA) is 114 Å². The molecule has 0 bridgehead atoms. The van der Waals surface area contributed by atoms with Gasteiger partial charge in [-0.3, -0.25) is 9.59 Å². The number of fused-ring (bicyclic) bond motifs is 1. The van der Waals surface area contributed by atoms with Crippen LogP contribution in [0, 0.1) is 5.82 Å². The fraction of sp³-hybridized carbons (Fsp3) is 0.586. The van der Waals surface area contributed by atoms with Gasteiger partial charge in [-0.2, -0.15) is 5.10 Å². The van der Waals surface area contributed by atoms with Crippen LogP contribution < -0.4 is 16.0 Å². The van der Waals surface area contributed by atoms with Gasteiger partial charge in [-0.05, 0) is 57.7 Å². The Morgan fingerprint density at radius 3 is 2.51 bits per heavy atom. The van der Waals surface area contributed by atoms with Crippen LogP contribution in [0.1, 0.15) is 94.3 Å². The number of methoxy groups -OCH3 is 1. The number of carbonyl (C=O) groups is 1. The molecule has 2 N–H and O–H groups in total. The minimum Gasteiger partial charge on any atom is -0.496 e. The maximum absolute atomic E-state index is 14.5. The second kappa shape index (κ2) is 10.7. The van der Waals surface area contributed by atoms with E-state index in [1.165, 1.54) is 23.2 Å². The summed E-state index contributed by atoms with van der Waals surface area (Å²) >= 11 is 0. The molecule has 1 aromatic carbocycles. The molecule has 39 heavy (non-hydrogen) atoms. The van der Waals surface area contributed by atoms with Crippen molar-refractivity contribution in [2.24, 2.45) is 12.8 Å². The Hall–Kier alpha value is -3.27. The lowest BCUT2D eigenvalue weighted by Gasteiger charge is -2.29. The van der Waals surface area contributed by atoms with Gasteiger partial charge in [-0.1, -0.05) is 25.7 Å². The number of nitrogens with zero attached hydrogens (tertiary/aromatic N) is 4. The van der Waals surface area contributed by atoms with E-state index in [9.17, 15) is 14.0 Å². The monoisotopic (exact) mass is 539 g/mol. The van der Waals surface area contributed by atoms with Crippen molar-refractivity contribution in [3.05, 3.63) is 51.5 Å². The van der Waals surface area contributed by atoms with E-state index < -0.39 is 28.9 Å². The van der Waals surface area contributed by atoms with E-state index in [1.54, 1.807) is 27.0 Å². The van der Waals surface area contributed by atoms with Crippen LogP contribution in [-0.2, 0) is 28.5 Å². The van der Waals surface area contributed by atoms with Crippen molar-refractivity contribution in [2.45, 2.75) is 95.3 Å². The summed E-state index contributed by atoms with van der Waals surface area (Å²) in [5.41, 5.74) is 5.83. The van der Waals surface area contributed by atoms with E-state index in [2.05, 4.69) is 0 Å². The lowest BCUT2D eigenvalue weighted by atomic mass is 9.85. The highest BCUT2D eigenvalue weighted by Crippen LogP contribution is 2.38. The molecule has 1 atom stereocenters. The predicted molar refractivity (Wildman–Crippen MR) is 145 cm³/mol. The third-order valence-electron chi connectivity index (χ3n) is 8.45. The van der Waals surface area contributed by atoms with Crippen LogP contribution in [0.4, 0.5) is 4.39 Å². The zero-order chi connectivity index (χ0) is 27.9. The molecule has 2 aliphatic carbocycles. The first-order valence-corrected chi connectivity index (χ1v) is 13.9. The first-order valence-electron chi connectivity index (χ1n) is 13.9. The molecule has 5 rings (SSSR count). The summed E-state index contributed by atoms with van der Waals surface area (Å²) in [6, 6.07) is 4.39. The molecule has 2 saturated carbocycles. The summed E-state index contributed by atoms with van der Waals surface area (Å²) in [6.45, 7) is 3.16. The third-order valence-corrected chi connectivity index (χ3v) is 8.45. The SMILES string of the molecule is COc1ccc(F)cc1[C@H](Cc1nn(C(C)(C)C(N)=O)c(=O)c2c1nc(C1CCC1)n2C)OC1CCCCC1. The fourth-order valence-corrected chi connectivity index (χ4v) is 5.73. The summed E-state index contributed by atoms with van der Waals surface area (Å²) < 4.78 is 29.8. The summed E-state index contributed by atoms with van der Waals surface area (Å²) in [5.74, 6) is 0.538. The largest absolute Gasteiger partial charge is 0.496 e. The second-order valence-electron chi connectivity index (χ2n) is 11.4. The molecular weight excluding hydrogens is 501 g/mol. The molecule has 0 radical (unpaired) electrons. The average molecular weight is 540 g/mol. The third kappa shape index (κ3) is 5.06. The number of nitrogens with two attached hydrogens (primary N) is 1. The number of benzene rings is 1. The number of aryl methyl sites for hydroxylation is 1. The Kier molecular flexibility index (Phi) is 7.50. The van der Waals surface area contributed by atoms with Crippen molar-refractivity contribution in [1.82, 2.24) is 19.3 Å². The molecule has 0 unspecified atom stereocenters. The number of ether oxygens (including phenoxy) is 2. The Labute approximate surface area is 227 Å². The van der Waals surface area contributed by atoms with Crippen molar-refractivity contribution in [3.63, 3.8) is 0 Å². The predicted octanol–water partition coefficient (Wildman–Crippen LogP) is 4.40. The van der Waals surface area contributed by atoms with Gasteiger partial charge in [-0.25, -0.2) is 14.1 Å². The molecule has 2 aromatic heterocycles. The minimum absolute atomic E-state index is 0.00875. The van der Waals surface area contributed by atoms with Crippen LogP contribution in [0.3, 0.4) is 0 Å². The second-order valence-corrected chi connectivity index (χ2v) is 11.4. The van der Waals surface area contributed by atoms with Crippen LogP contribution in [0.25, 0.3) is 11.0 Å². The van der Waals surface area contributed by atoms with Crippen molar-refractivity contribution in [2.75, 3.05) is 7.11 Å². The molecule has 2 heterocycles. The molecule has 2 fully saturated rings. The highest BCUT2D eigenvalue weighted by Gasteiger charge is 2.35.